The van der Waals surface area contributed by atoms with Crippen LogP contribution in [0.3, 0.4) is 0 Å². The van der Waals surface area contributed by atoms with Gasteiger partial charge in [-0.2, -0.15) is 5.26 Å². The maximum absolute atomic E-state index is 13.2. The molecule has 0 aromatic heterocycles. The van der Waals surface area contributed by atoms with Gasteiger partial charge in [0.05, 0.1) is 36.5 Å². The molecule has 3 rings (SSSR count). The first-order valence-electron chi connectivity index (χ1n) is 10.2. The van der Waals surface area contributed by atoms with E-state index in [0.29, 0.717) is 17.7 Å². The molecule has 31 heavy (non-hydrogen) atoms. The Labute approximate surface area is 181 Å². The zero-order chi connectivity index (χ0) is 22.5. The molecule has 8 heteroatoms. The third-order valence-corrected chi connectivity index (χ3v) is 5.41. The Bertz CT molecular complexity index is 974. The third-order valence-electron chi connectivity index (χ3n) is 5.41. The number of esters is 2. The van der Waals surface area contributed by atoms with Crippen LogP contribution in [0, 0.1) is 17.2 Å². The molecule has 162 valence electrons. The van der Waals surface area contributed by atoms with Crippen LogP contribution >= 0.6 is 0 Å². The highest BCUT2D eigenvalue weighted by molar-refractivity contribution is 5.94. The fourth-order valence-corrected chi connectivity index (χ4v) is 3.97. The Morgan fingerprint density at radius 2 is 1.84 bits per heavy atom. The molecule has 0 spiro atoms. The van der Waals surface area contributed by atoms with Gasteiger partial charge in [-0.05, 0) is 50.1 Å². The summed E-state index contributed by atoms with van der Waals surface area (Å²) in [6, 6.07) is 8.34. The molecule has 1 aromatic carbocycles. The number of nitrogens with zero attached hydrogens (tertiary/aromatic N) is 3. The van der Waals surface area contributed by atoms with Crippen LogP contribution in [-0.2, 0) is 23.9 Å². The second kappa shape index (κ2) is 9.58. The Kier molecular flexibility index (Phi) is 6.88. The fraction of sp³-hybridized carbons (Fsp3) is 0.391. The highest BCUT2D eigenvalue weighted by atomic mass is 16.5. The highest BCUT2D eigenvalue weighted by Crippen LogP contribution is 2.40. The summed E-state index contributed by atoms with van der Waals surface area (Å²) in [6.07, 6.45) is 3.34. The van der Waals surface area contributed by atoms with Gasteiger partial charge < -0.3 is 9.47 Å². The van der Waals surface area contributed by atoms with E-state index in [4.69, 9.17) is 14.7 Å². The summed E-state index contributed by atoms with van der Waals surface area (Å²) in [6.45, 7) is 5.90. The van der Waals surface area contributed by atoms with E-state index in [2.05, 4.69) is 6.07 Å². The van der Waals surface area contributed by atoms with E-state index >= 15 is 0 Å². The Morgan fingerprint density at radius 1 is 1.16 bits per heavy atom. The summed E-state index contributed by atoms with van der Waals surface area (Å²) >= 11 is 0. The largest absolute Gasteiger partial charge is 0.465 e. The molecule has 0 saturated carbocycles. The Hall–Kier alpha value is -3.44. The third kappa shape index (κ3) is 4.37. The average molecular weight is 423 g/mol. The first-order chi connectivity index (χ1) is 14.9. The topological polar surface area (TPSA) is 99.9 Å². The molecule has 2 atom stereocenters. The molecule has 8 nitrogen and oxygen atoms in total. The first kappa shape index (κ1) is 22.2. The lowest BCUT2D eigenvalue weighted by atomic mass is 9.83. The molecule has 1 amide bonds. The van der Waals surface area contributed by atoms with Crippen molar-refractivity contribution in [3.05, 3.63) is 58.8 Å². The van der Waals surface area contributed by atoms with Gasteiger partial charge in [-0.25, -0.2) is 14.8 Å². The van der Waals surface area contributed by atoms with Crippen molar-refractivity contribution in [2.24, 2.45) is 5.92 Å². The zero-order valence-corrected chi connectivity index (χ0v) is 17.8. The predicted octanol–water partition coefficient (Wildman–Crippen LogP) is 2.63. The SMILES string of the molecule is CCOC(=O)C1=C(\C)[C@H](C(=O)OCC)[C@@H](c2ccc(C#N)cc2)N2CCC(=O)N2/C=C\1. The number of amides is 1. The van der Waals surface area contributed by atoms with E-state index < -0.39 is 23.9 Å². The molecule has 0 radical (unpaired) electrons. The maximum Gasteiger partial charge on any atom is 0.338 e. The van der Waals surface area contributed by atoms with Gasteiger partial charge in [0, 0.05) is 19.2 Å². The van der Waals surface area contributed by atoms with E-state index in [1.54, 1.807) is 51.2 Å². The van der Waals surface area contributed by atoms with Gasteiger partial charge in [0.15, 0.2) is 0 Å². The van der Waals surface area contributed by atoms with Crippen LogP contribution in [0.25, 0.3) is 0 Å². The van der Waals surface area contributed by atoms with Gasteiger partial charge in [0.2, 0.25) is 5.91 Å². The van der Waals surface area contributed by atoms with Crippen LogP contribution in [0.1, 0.15) is 44.4 Å². The number of benzene rings is 1. The van der Waals surface area contributed by atoms with Crippen LogP contribution in [0.5, 0.6) is 0 Å². The van der Waals surface area contributed by atoms with Gasteiger partial charge in [-0.3, -0.25) is 9.59 Å². The summed E-state index contributed by atoms with van der Waals surface area (Å²) in [5.74, 6) is -2.05. The van der Waals surface area contributed by atoms with E-state index in [9.17, 15) is 14.4 Å². The summed E-state index contributed by atoms with van der Waals surface area (Å²) in [5, 5.41) is 12.4. The number of carbonyl (C=O) groups excluding carboxylic acids is 3. The zero-order valence-electron chi connectivity index (χ0n) is 17.8. The summed E-state index contributed by atoms with van der Waals surface area (Å²) in [5.41, 5.74) is 1.94. The van der Waals surface area contributed by atoms with E-state index in [-0.39, 0.29) is 31.1 Å². The molecule has 1 saturated heterocycles. The highest BCUT2D eigenvalue weighted by Gasteiger charge is 2.44. The smallest absolute Gasteiger partial charge is 0.338 e. The van der Waals surface area contributed by atoms with Crippen LogP contribution in [-0.4, -0.2) is 47.6 Å². The molecular formula is C23H25N3O5. The van der Waals surface area contributed by atoms with E-state index in [0.717, 1.165) is 5.56 Å². The number of ether oxygens (including phenoxy) is 2. The lowest BCUT2D eigenvalue weighted by Gasteiger charge is -2.39. The van der Waals surface area contributed by atoms with Crippen LogP contribution in [0.4, 0.5) is 0 Å². The van der Waals surface area contributed by atoms with Gasteiger partial charge in [-0.15, -0.1) is 0 Å². The number of nitriles is 1. The van der Waals surface area contributed by atoms with Gasteiger partial charge in [0.1, 0.15) is 5.92 Å². The number of carbonyl (C=O) groups is 3. The van der Waals surface area contributed by atoms with Crippen LogP contribution in [0.15, 0.2) is 47.7 Å². The van der Waals surface area contributed by atoms with Crippen LogP contribution < -0.4 is 0 Å². The lowest BCUT2D eigenvalue weighted by molar-refractivity contribution is -0.153. The van der Waals surface area contributed by atoms with Crippen molar-refractivity contribution in [3.63, 3.8) is 0 Å². The molecule has 0 unspecified atom stereocenters. The molecule has 2 heterocycles. The fourth-order valence-electron chi connectivity index (χ4n) is 3.97. The van der Waals surface area contributed by atoms with Gasteiger partial charge in [-0.1, -0.05) is 12.1 Å². The first-order valence-corrected chi connectivity index (χ1v) is 10.2. The van der Waals surface area contributed by atoms with Gasteiger partial charge >= 0.3 is 11.9 Å². The molecule has 0 aliphatic carbocycles. The molecule has 0 N–H and O–H groups in total. The summed E-state index contributed by atoms with van der Waals surface area (Å²) in [4.78, 5) is 38.4. The molecule has 2 aliphatic rings. The minimum atomic E-state index is -0.856. The average Bonchev–Trinajstić information content (AvgIpc) is 3.10. The molecule has 1 aromatic rings. The van der Waals surface area contributed by atoms with Crippen molar-refractivity contribution in [2.45, 2.75) is 33.2 Å². The van der Waals surface area contributed by atoms with Crippen molar-refractivity contribution in [2.75, 3.05) is 19.8 Å². The maximum atomic E-state index is 13.2. The van der Waals surface area contributed by atoms with Crippen molar-refractivity contribution in [3.8, 4) is 6.07 Å². The second-order valence-corrected chi connectivity index (χ2v) is 7.19. The standard InChI is InChI=1S/C23H25N3O5/c1-4-30-22(28)18-10-12-25-19(27)11-13-26(25)21(17-8-6-16(14-24)7-9-17)20(15(18)3)23(29)31-5-2/h6-10,12,20-21H,4-5,11,13H2,1-3H3/b12-10-,18-15+/t20-,21+/m0/s1. The van der Waals surface area contributed by atoms with Crippen molar-refractivity contribution < 1.29 is 23.9 Å². The number of hydrazine groups is 1. The molecule has 1 fully saturated rings. The monoisotopic (exact) mass is 423 g/mol. The number of hydrogen-bond acceptors (Lipinski definition) is 7. The van der Waals surface area contributed by atoms with Crippen molar-refractivity contribution in [1.82, 2.24) is 10.0 Å². The second-order valence-electron chi connectivity index (χ2n) is 7.19. The Morgan fingerprint density at radius 3 is 2.45 bits per heavy atom. The van der Waals surface area contributed by atoms with Crippen LogP contribution in [0.2, 0.25) is 0 Å². The predicted molar refractivity (Wildman–Crippen MR) is 111 cm³/mol. The molecule has 0 bridgehead atoms. The van der Waals surface area contributed by atoms with Crippen molar-refractivity contribution >= 4 is 17.8 Å². The summed E-state index contributed by atoms with van der Waals surface area (Å²) in [7, 11) is 0. The quantitative estimate of drug-likeness (QED) is 0.671. The normalized spacial score (nSPS) is 24.6. The minimum Gasteiger partial charge on any atom is -0.465 e. The van der Waals surface area contributed by atoms with Gasteiger partial charge in [0.25, 0.3) is 0 Å². The minimum absolute atomic E-state index is 0.139. The number of fused-ring (bicyclic) bond motifs is 1. The Balaban J connectivity index is 2.22. The van der Waals surface area contributed by atoms with E-state index in [1.165, 1.54) is 11.1 Å². The lowest BCUT2D eigenvalue weighted by Crippen LogP contribution is -2.45. The van der Waals surface area contributed by atoms with Crippen molar-refractivity contribution in [1.29, 1.82) is 5.26 Å². The number of hydrogen-bond donors (Lipinski definition) is 0. The number of rotatable bonds is 5. The van der Waals surface area contributed by atoms with E-state index in [1.807, 2.05) is 5.01 Å². The molecule has 2 aliphatic heterocycles. The molecular weight excluding hydrogens is 398 g/mol. The summed E-state index contributed by atoms with van der Waals surface area (Å²) < 4.78 is 10.6.